The lowest BCUT2D eigenvalue weighted by Crippen LogP contribution is -2.26. The van der Waals surface area contributed by atoms with Crippen molar-refractivity contribution < 1.29 is 19.0 Å². The van der Waals surface area contributed by atoms with E-state index in [2.05, 4.69) is 6.58 Å². The standard InChI is InChI=1S/C14H20O4/c1-8-9(7-16-13(2,3)4)11-12(10(8)15)18-14(5,6)17-11/h12H,1,7H2,2-6H3/t12-/m0/s1. The van der Waals surface area contributed by atoms with Crippen LogP contribution in [0.5, 0.6) is 0 Å². The molecule has 0 aromatic rings. The summed E-state index contributed by atoms with van der Waals surface area (Å²) in [6, 6.07) is 0. The van der Waals surface area contributed by atoms with Gasteiger partial charge in [-0.25, -0.2) is 0 Å². The van der Waals surface area contributed by atoms with Crippen molar-refractivity contribution in [2.75, 3.05) is 6.61 Å². The molecule has 0 saturated carbocycles. The summed E-state index contributed by atoms with van der Waals surface area (Å²) in [5.74, 6) is -0.314. The summed E-state index contributed by atoms with van der Waals surface area (Å²) < 4.78 is 17.0. The van der Waals surface area contributed by atoms with Crippen LogP contribution in [-0.4, -0.2) is 29.9 Å². The maximum absolute atomic E-state index is 12.0. The predicted octanol–water partition coefficient (Wildman–Crippen LogP) is 2.35. The van der Waals surface area contributed by atoms with Crippen molar-refractivity contribution in [2.45, 2.75) is 52.1 Å². The Morgan fingerprint density at radius 1 is 1.39 bits per heavy atom. The zero-order chi connectivity index (χ0) is 13.7. The Morgan fingerprint density at radius 3 is 2.56 bits per heavy atom. The summed E-state index contributed by atoms with van der Waals surface area (Å²) >= 11 is 0. The van der Waals surface area contributed by atoms with E-state index in [0.717, 1.165) is 5.57 Å². The van der Waals surface area contributed by atoms with E-state index in [1.807, 2.05) is 20.8 Å². The third kappa shape index (κ3) is 2.35. The minimum Gasteiger partial charge on any atom is -0.464 e. The first-order valence-corrected chi connectivity index (χ1v) is 6.08. The third-order valence-corrected chi connectivity index (χ3v) is 2.84. The van der Waals surface area contributed by atoms with Gasteiger partial charge in [-0.1, -0.05) is 6.58 Å². The number of hydrogen-bond donors (Lipinski definition) is 0. The molecule has 18 heavy (non-hydrogen) atoms. The van der Waals surface area contributed by atoms with Crippen LogP contribution in [0.15, 0.2) is 23.5 Å². The Balaban J connectivity index is 2.24. The zero-order valence-corrected chi connectivity index (χ0v) is 11.6. The highest BCUT2D eigenvalue weighted by Crippen LogP contribution is 2.41. The van der Waals surface area contributed by atoms with E-state index >= 15 is 0 Å². The molecule has 4 nitrogen and oxygen atoms in total. The molecule has 1 heterocycles. The minimum atomic E-state index is -0.761. The van der Waals surface area contributed by atoms with Crippen molar-refractivity contribution in [2.24, 2.45) is 0 Å². The van der Waals surface area contributed by atoms with E-state index < -0.39 is 11.9 Å². The highest BCUT2D eigenvalue weighted by atomic mass is 16.7. The van der Waals surface area contributed by atoms with Gasteiger partial charge < -0.3 is 14.2 Å². The molecule has 0 bridgehead atoms. The Morgan fingerprint density at radius 2 is 2.00 bits per heavy atom. The van der Waals surface area contributed by atoms with Gasteiger partial charge in [0.15, 0.2) is 11.9 Å². The average molecular weight is 252 g/mol. The van der Waals surface area contributed by atoms with Gasteiger partial charge in [0.25, 0.3) is 0 Å². The van der Waals surface area contributed by atoms with Crippen LogP contribution in [0.25, 0.3) is 0 Å². The van der Waals surface area contributed by atoms with E-state index in [4.69, 9.17) is 14.2 Å². The van der Waals surface area contributed by atoms with Crippen LogP contribution in [0, 0.1) is 0 Å². The highest BCUT2D eigenvalue weighted by Gasteiger charge is 2.49. The molecule has 4 heteroatoms. The van der Waals surface area contributed by atoms with Gasteiger partial charge in [0.2, 0.25) is 5.79 Å². The van der Waals surface area contributed by atoms with Crippen LogP contribution in [0.3, 0.4) is 0 Å². The number of ether oxygens (including phenoxy) is 3. The second-order valence-corrected chi connectivity index (χ2v) is 6.09. The largest absolute Gasteiger partial charge is 0.464 e. The fourth-order valence-electron chi connectivity index (χ4n) is 1.97. The molecule has 0 amide bonds. The molecule has 1 atom stereocenters. The molecule has 0 aromatic heterocycles. The fourth-order valence-corrected chi connectivity index (χ4v) is 1.97. The van der Waals surface area contributed by atoms with Crippen molar-refractivity contribution in [3.05, 3.63) is 23.5 Å². The van der Waals surface area contributed by atoms with Gasteiger partial charge in [0, 0.05) is 25.0 Å². The summed E-state index contributed by atoms with van der Waals surface area (Å²) in [5.41, 5.74) is 0.893. The smallest absolute Gasteiger partial charge is 0.205 e. The van der Waals surface area contributed by atoms with Gasteiger partial charge in [-0.15, -0.1) is 0 Å². The quantitative estimate of drug-likeness (QED) is 0.708. The minimum absolute atomic E-state index is 0.122. The summed E-state index contributed by atoms with van der Waals surface area (Å²) in [5, 5.41) is 0. The molecule has 0 radical (unpaired) electrons. The van der Waals surface area contributed by atoms with Crippen molar-refractivity contribution >= 4 is 5.78 Å². The second-order valence-electron chi connectivity index (χ2n) is 6.09. The normalized spacial score (nSPS) is 26.6. The Labute approximate surface area is 108 Å². The fraction of sp³-hybridized carbons (Fsp3) is 0.643. The van der Waals surface area contributed by atoms with Crippen molar-refractivity contribution in [1.29, 1.82) is 0 Å². The summed E-state index contributed by atoms with van der Waals surface area (Å²) in [6.45, 7) is 13.6. The molecule has 2 aliphatic rings. The maximum Gasteiger partial charge on any atom is 0.205 e. The Bertz CT molecular complexity index is 437. The number of ketones is 1. The van der Waals surface area contributed by atoms with Crippen LogP contribution in [0.1, 0.15) is 34.6 Å². The molecule has 0 aromatic carbocycles. The van der Waals surface area contributed by atoms with E-state index in [1.165, 1.54) is 0 Å². The molecule has 1 fully saturated rings. The lowest BCUT2D eigenvalue weighted by Gasteiger charge is -2.21. The number of hydrogen-bond acceptors (Lipinski definition) is 4. The van der Waals surface area contributed by atoms with Gasteiger partial charge in [0.05, 0.1) is 12.2 Å². The highest BCUT2D eigenvalue weighted by molar-refractivity contribution is 6.07. The van der Waals surface area contributed by atoms with Crippen LogP contribution < -0.4 is 0 Å². The summed E-state index contributed by atoms with van der Waals surface area (Å²) in [7, 11) is 0. The van der Waals surface area contributed by atoms with E-state index in [1.54, 1.807) is 13.8 Å². The molecule has 2 rings (SSSR count). The Hall–Kier alpha value is -1.13. The average Bonchev–Trinajstić information content (AvgIpc) is 2.60. The lowest BCUT2D eigenvalue weighted by molar-refractivity contribution is -0.148. The predicted molar refractivity (Wildman–Crippen MR) is 66.9 cm³/mol. The van der Waals surface area contributed by atoms with Crippen LogP contribution in [-0.2, 0) is 19.0 Å². The zero-order valence-electron chi connectivity index (χ0n) is 11.6. The second kappa shape index (κ2) is 3.93. The third-order valence-electron chi connectivity index (χ3n) is 2.84. The monoisotopic (exact) mass is 252 g/mol. The first-order valence-electron chi connectivity index (χ1n) is 6.08. The van der Waals surface area contributed by atoms with Crippen molar-refractivity contribution in [1.82, 2.24) is 0 Å². The molecule has 100 valence electrons. The molecule has 0 unspecified atom stereocenters. The Kier molecular flexibility index (Phi) is 2.91. The van der Waals surface area contributed by atoms with Gasteiger partial charge in [-0.3, -0.25) is 4.79 Å². The number of carbonyl (C=O) groups excluding carboxylic acids is 1. The van der Waals surface area contributed by atoms with Gasteiger partial charge in [0.1, 0.15) is 5.76 Å². The van der Waals surface area contributed by atoms with Gasteiger partial charge >= 0.3 is 0 Å². The molecule has 1 aliphatic carbocycles. The number of carbonyl (C=O) groups is 1. The molecule has 1 saturated heterocycles. The van der Waals surface area contributed by atoms with Crippen LogP contribution in [0.4, 0.5) is 0 Å². The maximum atomic E-state index is 12.0. The van der Waals surface area contributed by atoms with E-state index in [0.29, 0.717) is 17.9 Å². The van der Waals surface area contributed by atoms with Gasteiger partial charge in [-0.05, 0) is 20.8 Å². The molecular weight excluding hydrogens is 232 g/mol. The van der Waals surface area contributed by atoms with Crippen molar-refractivity contribution in [3.63, 3.8) is 0 Å². The first kappa shape index (κ1) is 13.3. The summed E-state index contributed by atoms with van der Waals surface area (Å²) in [4.78, 5) is 12.0. The SMILES string of the molecule is C=C1C(=O)[C@@H]2OC(C)(C)OC2=C1COC(C)(C)C. The molecule has 0 N–H and O–H groups in total. The molecular formula is C14H20O4. The van der Waals surface area contributed by atoms with Crippen molar-refractivity contribution in [3.8, 4) is 0 Å². The first-order chi connectivity index (χ1) is 8.11. The molecule has 0 spiro atoms. The van der Waals surface area contributed by atoms with Crippen LogP contribution >= 0.6 is 0 Å². The van der Waals surface area contributed by atoms with E-state index in [9.17, 15) is 4.79 Å². The summed E-state index contributed by atoms with van der Waals surface area (Å²) in [6.07, 6.45) is -0.633. The van der Waals surface area contributed by atoms with Crippen LogP contribution in [0.2, 0.25) is 0 Å². The lowest BCUT2D eigenvalue weighted by atomic mass is 10.1. The number of Topliss-reactive ketones (excluding diaryl/α,β-unsaturated/α-hetero) is 1. The van der Waals surface area contributed by atoms with Gasteiger partial charge in [-0.2, -0.15) is 0 Å². The van der Waals surface area contributed by atoms with E-state index in [-0.39, 0.29) is 11.4 Å². The molecule has 1 aliphatic heterocycles. The topological polar surface area (TPSA) is 44.8 Å². The number of rotatable bonds is 2. The number of fused-ring (bicyclic) bond motifs is 1.